The van der Waals surface area contributed by atoms with E-state index in [0.29, 0.717) is 38.6 Å². The van der Waals surface area contributed by atoms with Crippen molar-refractivity contribution in [3.8, 4) is 6.19 Å². The van der Waals surface area contributed by atoms with Crippen LogP contribution in [0.1, 0.15) is 44.1 Å². The molecule has 30 heavy (non-hydrogen) atoms. The average Bonchev–Trinajstić information content (AvgIpc) is 2.79. The summed E-state index contributed by atoms with van der Waals surface area (Å²) in [4.78, 5) is 27.6. The minimum atomic E-state index is -0.740. The predicted molar refractivity (Wildman–Crippen MR) is 111 cm³/mol. The third-order valence-electron chi connectivity index (χ3n) is 5.89. The van der Waals surface area contributed by atoms with E-state index < -0.39 is 6.09 Å². The summed E-state index contributed by atoms with van der Waals surface area (Å²) >= 11 is 0. The van der Waals surface area contributed by atoms with Crippen LogP contribution < -0.4 is 0 Å². The first-order chi connectivity index (χ1) is 14.7. The van der Waals surface area contributed by atoms with Gasteiger partial charge in [0.05, 0.1) is 13.2 Å². The number of rotatable bonds is 7. The van der Waals surface area contributed by atoms with Gasteiger partial charge in [-0.25, -0.2) is 9.69 Å². The maximum atomic E-state index is 12.7. The first kappa shape index (κ1) is 22.1. The summed E-state index contributed by atoms with van der Waals surface area (Å²) in [6, 6.07) is 9.94. The van der Waals surface area contributed by atoms with Crippen molar-refractivity contribution in [1.82, 2.24) is 9.80 Å². The van der Waals surface area contributed by atoms with Gasteiger partial charge in [0.25, 0.3) is 0 Å². The molecule has 1 heterocycles. The number of nitriles is 1. The molecule has 2 fully saturated rings. The zero-order valence-electron chi connectivity index (χ0n) is 17.5. The lowest BCUT2D eigenvalue weighted by Gasteiger charge is -2.29. The van der Waals surface area contributed by atoms with E-state index in [2.05, 4.69) is 0 Å². The second-order valence-corrected chi connectivity index (χ2v) is 8.11. The molecular weight excluding hydrogens is 382 g/mol. The lowest BCUT2D eigenvalue weighted by molar-refractivity contribution is -0.135. The topological polar surface area (TPSA) is 82.9 Å². The Hall–Kier alpha value is -2.59. The lowest BCUT2D eigenvalue weighted by Crippen LogP contribution is -2.46. The van der Waals surface area contributed by atoms with Crippen LogP contribution in [0.3, 0.4) is 0 Å². The van der Waals surface area contributed by atoms with E-state index in [1.165, 1.54) is 19.3 Å². The Balaban J connectivity index is 1.60. The molecule has 1 saturated carbocycles. The van der Waals surface area contributed by atoms with Crippen molar-refractivity contribution < 1.29 is 19.1 Å². The quantitative estimate of drug-likeness (QED) is 0.506. The molecule has 0 radical (unpaired) electrons. The highest BCUT2D eigenvalue weighted by Gasteiger charge is 2.27. The Morgan fingerprint density at radius 1 is 1.17 bits per heavy atom. The Bertz CT molecular complexity index is 722. The average molecular weight is 414 g/mol. The highest BCUT2D eigenvalue weighted by Crippen LogP contribution is 2.29. The molecule has 1 aliphatic heterocycles. The fourth-order valence-electron chi connectivity index (χ4n) is 4.24. The maximum Gasteiger partial charge on any atom is 0.423 e. The van der Waals surface area contributed by atoms with Crippen molar-refractivity contribution in [3.05, 3.63) is 35.9 Å². The highest BCUT2D eigenvalue weighted by molar-refractivity contribution is 5.83. The minimum Gasteiger partial charge on any atom is -0.445 e. The van der Waals surface area contributed by atoms with Gasteiger partial charge in [-0.3, -0.25) is 4.79 Å². The first-order valence-corrected chi connectivity index (χ1v) is 10.9. The number of ether oxygens (including phenoxy) is 2. The zero-order chi connectivity index (χ0) is 21.2. The van der Waals surface area contributed by atoms with E-state index in [-0.39, 0.29) is 18.6 Å². The van der Waals surface area contributed by atoms with Crippen molar-refractivity contribution >= 4 is 12.0 Å². The molecule has 1 aliphatic carbocycles. The number of carbonyl (C=O) groups excluding carboxylic acids is 2. The van der Waals surface area contributed by atoms with Crippen LogP contribution in [0.25, 0.3) is 0 Å². The van der Waals surface area contributed by atoms with Gasteiger partial charge in [0.15, 0.2) is 6.19 Å². The molecule has 7 nitrogen and oxygen atoms in total. The van der Waals surface area contributed by atoms with Crippen LogP contribution in [-0.4, -0.2) is 60.8 Å². The molecule has 0 unspecified atom stereocenters. The van der Waals surface area contributed by atoms with Gasteiger partial charge < -0.3 is 14.4 Å². The molecule has 1 atom stereocenters. The minimum absolute atomic E-state index is 0.260. The number of amides is 2. The number of hydrogen-bond donors (Lipinski definition) is 0. The Kier molecular flexibility index (Phi) is 8.52. The third-order valence-corrected chi connectivity index (χ3v) is 5.89. The summed E-state index contributed by atoms with van der Waals surface area (Å²) in [5.74, 6) is 0.273. The molecule has 2 aliphatic rings. The number of nitrogens with zero attached hydrogens (tertiary/aromatic N) is 3. The van der Waals surface area contributed by atoms with Crippen LogP contribution in [-0.2, 0) is 20.7 Å². The molecular formula is C23H31N3O4. The largest absolute Gasteiger partial charge is 0.445 e. The van der Waals surface area contributed by atoms with E-state index in [9.17, 15) is 14.9 Å². The number of carbonyl (C=O) groups is 2. The monoisotopic (exact) mass is 413 g/mol. The number of benzene rings is 1. The Morgan fingerprint density at radius 2 is 1.87 bits per heavy atom. The third kappa shape index (κ3) is 6.74. The number of hydrogen-bond acceptors (Lipinski definition) is 5. The van der Waals surface area contributed by atoms with E-state index in [0.717, 1.165) is 29.7 Å². The SMILES string of the molecule is N#CN(CC(=O)N1CCOCC1)C(=O)O[C@H](Cc1ccccc1)CC1CCCCC1. The fourth-order valence-corrected chi connectivity index (χ4v) is 4.24. The molecule has 1 aromatic rings. The summed E-state index contributed by atoms with van der Waals surface area (Å²) < 4.78 is 11.0. The van der Waals surface area contributed by atoms with Crippen LogP contribution in [0, 0.1) is 17.4 Å². The van der Waals surface area contributed by atoms with Gasteiger partial charge in [-0.2, -0.15) is 5.26 Å². The summed E-state index contributed by atoms with van der Waals surface area (Å²) in [6.07, 6.45) is 8.19. The standard InChI is InChI=1S/C23H31N3O4/c24-18-26(17-22(27)25-11-13-29-14-12-25)23(28)30-21(15-19-7-3-1-4-8-19)16-20-9-5-2-6-10-20/h1,3-4,7-8,20-21H,2,5-6,9-17H2/t21-/m1/s1. The maximum absolute atomic E-state index is 12.7. The molecule has 7 heteroatoms. The molecule has 0 spiro atoms. The Labute approximate surface area is 178 Å². The predicted octanol–water partition coefficient (Wildman–Crippen LogP) is 3.35. The first-order valence-electron chi connectivity index (χ1n) is 10.9. The number of morpholine rings is 1. The van der Waals surface area contributed by atoms with Gasteiger partial charge in [-0.1, -0.05) is 62.4 Å². The van der Waals surface area contributed by atoms with Crippen molar-refractivity contribution in [2.24, 2.45) is 5.92 Å². The molecule has 0 bridgehead atoms. The van der Waals surface area contributed by atoms with Crippen LogP contribution in [0.2, 0.25) is 0 Å². The summed E-state index contributed by atoms with van der Waals surface area (Å²) in [5.41, 5.74) is 1.10. The molecule has 1 aromatic carbocycles. The van der Waals surface area contributed by atoms with E-state index in [4.69, 9.17) is 9.47 Å². The van der Waals surface area contributed by atoms with Crippen LogP contribution in [0.4, 0.5) is 4.79 Å². The van der Waals surface area contributed by atoms with Crippen LogP contribution in [0.15, 0.2) is 30.3 Å². The highest BCUT2D eigenvalue weighted by atomic mass is 16.6. The zero-order valence-corrected chi connectivity index (χ0v) is 17.5. The molecule has 1 saturated heterocycles. The second kappa shape index (κ2) is 11.6. The fraction of sp³-hybridized carbons (Fsp3) is 0.609. The summed E-state index contributed by atoms with van der Waals surface area (Å²) in [6.45, 7) is 1.61. The molecule has 162 valence electrons. The van der Waals surface area contributed by atoms with Crippen molar-refractivity contribution in [2.45, 2.75) is 51.0 Å². The molecule has 0 aromatic heterocycles. The summed E-state index contributed by atoms with van der Waals surface area (Å²) in [5, 5.41) is 9.45. The smallest absolute Gasteiger partial charge is 0.423 e. The van der Waals surface area contributed by atoms with Crippen molar-refractivity contribution in [3.63, 3.8) is 0 Å². The van der Waals surface area contributed by atoms with Gasteiger partial charge in [-0.05, 0) is 17.9 Å². The van der Waals surface area contributed by atoms with Gasteiger partial charge in [-0.15, -0.1) is 0 Å². The van der Waals surface area contributed by atoms with Gasteiger partial charge >= 0.3 is 6.09 Å². The van der Waals surface area contributed by atoms with Crippen LogP contribution >= 0.6 is 0 Å². The molecule has 3 rings (SSSR count). The van der Waals surface area contributed by atoms with Gasteiger partial charge in [0.2, 0.25) is 5.91 Å². The van der Waals surface area contributed by atoms with Crippen LogP contribution in [0.5, 0.6) is 0 Å². The van der Waals surface area contributed by atoms with Crippen molar-refractivity contribution in [1.29, 1.82) is 5.26 Å². The second-order valence-electron chi connectivity index (χ2n) is 8.11. The van der Waals surface area contributed by atoms with E-state index in [1.807, 2.05) is 36.5 Å². The van der Waals surface area contributed by atoms with Crippen molar-refractivity contribution in [2.75, 3.05) is 32.8 Å². The van der Waals surface area contributed by atoms with E-state index >= 15 is 0 Å². The lowest BCUT2D eigenvalue weighted by atomic mass is 9.84. The van der Waals surface area contributed by atoms with Gasteiger partial charge in [0.1, 0.15) is 12.6 Å². The van der Waals surface area contributed by atoms with E-state index in [1.54, 1.807) is 4.90 Å². The molecule has 0 N–H and O–H groups in total. The Morgan fingerprint density at radius 3 is 2.53 bits per heavy atom. The normalized spacial score (nSPS) is 18.3. The summed E-state index contributed by atoms with van der Waals surface area (Å²) in [7, 11) is 0. The van der Waals surface area contributed by atoms with Gasteiger partial charge in [0, 0.05) is 19.5 Å². The molecule has 2 amide bonds.